The number of likely N-dealkylation sites (tertiary alicyclic amines) is 1. The van der Waals surface area contributed by atoms with E-state index in [2.05, 4.69) is 17.3 Å². The lowest BCUT2D eigenvalue weighted by atomic mass is 10.0. The summed E-state index contributed by atoms with van der Waals surface area (Å²) in [6.07, 6.45) is 2.33. The first-order chi connectivity index (χ1) is 16.4. The van der Waals surface area contributed by atoms with E-state index in [9.17, 15) is 9.59 Å². The predicted octanol–water partition coefficient (Wildman–Crippen LogP) is 3.39. The summed E-state index contributed by atoms with van der Waals surface area (Å²) in [5, 5.41) is 10.4. The maximum atomic E-state index is 12.3. The molecule has 1 amide bonds. The van der Waals surface area contributed by atoms with Crippen molar-refractivity contribution in [1.29, 1.82) is 5.41 Å². The van der Waals surface area contributed by atoms with Crippen molar-refractivity contribution in [3.63, 3.8) is 0 Å². The number of hydrogen-bond acceptors (Lipinski definition) is 6. The molecule has 0 unspecified atom stereocenters. The highest BCUT2D eigenvalue weighted by Crippen LogP contribution is 2.25. The maximum Gasteiger partial charge on any atom is 0.306 e. The average Bonchev–Trinajstić information content (AvgIpc) is 3.18. The van der Waals surface area contributed by atoms with Crippen molar-refractivity contribution >= 4 is 42.5 Å². The minimum atomic E-state index is -0.368. The summed E-state index contributed by atoms with van der Waals surface area (Å²) >= 11 is 0. The molecule has 0 saturated carbocycles. The Kier molecular flexibility index (Phi) is 11.0. The Hall–Kier alpha value is -2.81. The minimum absolute atomic E-state index is 0. The van der Waals surface area contributed by atoms with E-state index in [0.717, 1.165) is 37.1 Å². The van der Waals surface area contributed by atoms with Crippen LogP contribution in [0.1, 0.15) is 31.2 Å². The van der Waals surface area contributed by atoms with Gasteiger partial charge in [0.2, 0.25) is 5.91 Å². The molecule has 2 fully saturated rings. The van der Waals surface area contributed by atoms with Crippen LogP contribution in [0.3, 0.4) is 0 Å². The number of amidine groups is 1. The van der Waals surface area contributed by atoms with Crippen molar-refractivity contribution < 1.29 is 19.1 Å². The van der Waals surface area contributed by atoms with Crippen LogP contribution in [0, 0.1) is 11.3 Å². The summed E-state index contributed by atoms with van der Waals surface area (Å²) in [4.78, 5) is 26.9. The fourth-order valence-electron chi connectivity index (χ4n) is 4.43. The molecule has 4 rings (SSSR count). The average molecular weight is 537 g/mol. The van der Waals surface area contributed by atoms with Crippen molar-refractivity contribution in [1.82, 2.24) is 10.2 Å². The van der Waals surface area contributed by atoms with Gasteiger partial charge in [0.15, 0.2) is 0 Å². The normalized spacial score (nSPS) is 20.0. The first kappa shape index (κ1) is 29.4. The zero-order valence-electron chi connectivity index (χ0n) is 20.3. The highest BCUT2D eigenvalue weighted by Gasteiger charge is 2.35. The number of halogens is 2. The topological polar surface area (TPSA) is 118 Å². The quantitative estimate of drug-likeness (QED) is 0.270. The van der Waals surface area contributed by atoms with E-state index in [1.165, 1.54) is 0 Å². The summed E-state index contributed by atoms with van der Waals surface area (Å²) in [6, 6.07) is 15.1. The predicted molar refractivity (Wildman–Crippen MR) is 144 cm³/mol. The second kappa shape index (κ2) is 13.5. The number of nitrogen functional groups attached to an aromatic ring is 1. The number of nitrogens with zero attached hydrogens (tertiary/aromatic N) is 1. The molecular weight excluding hydrogens is 503 g/mol. The Bertz CT molecular complexity index is 1030. The molecule has 0 spiro atoms. The van der Waals surface area contributed by atoms with Crippen LogP contribution in [0.25, 0.3) is 11.1 Å². The molecule has 2 atom stereocenters. The zero-order valence-corrected chi connectivity index (χ0v) is 21.9. The van der Waals surface area contributed by atoms with Crippen molar-refractivity contribution in [3.05, 3.63) is 54.1 Å². The summed E-state index contributed by atoms with van der Waals surface area (Å²) in [6.45, 7) is 2.20. The molecular formula is C26H34Cl2N4O4. The van der Waals surface area contributed by atoms with Gasteiger partial charge in [-0.15, -0.1) is 24.8 Å². The molecule has 10 heteroatoms. The van der Waals surface area contributed by atoms with Gasteiger partial charge in [-0.05, 0) is 49.6 Å². The van der Waals surface area contributed by atoms with Crippen LogP contribution >= 0.6 is 24.8 Å². The van der Waals surface area contributed by atoms with Gasteiger partial charge in [-0.3, -0.25) is 15.0 Å². The van der Waals surface area contributed by atoms with Crippen molar-refractivity contribution in [2.45, 2.75) is 37.8 Å². The number of piperidine rings is 1. The van der Waals surface area contributed by atoms with Crippen LogP contribution in [-0.2, 0) is 14.3 Å². The van der Waals surface area contributed by atoms with Crippen LogP contribution in [0.2, 0.25) is 0 Å². The van der Waals surface area contributed by atoms with Crippen LogP contribution in [0.5, 0.6) is 5.75 Å². The lowest BCUT2D eigenvalue weighted by molar-refractivity contribution is -0.153. The number of esters is 1. The molecule has 196 valence electrons. The third-order valence-electron chi connectivity index (χ3n) is 6.50. The lowest BCUT2D eigenvalue weighted by Gasteiger charge is -2.28. The molecule has 2 aromatic carbocycles. The van der Waals surface area contributed by atoms with Gasteiger partial charge in [0.05, 0.1) is 18.4 Å². The lowest BCUT2D eigenvalue weighted by Crippen LogP contribution is -2.35. The van der Waals surface area contributed by atoms with E-state index in [-0.39, 0.29) is 67.0 Å². The number of carbonyl (C=O) groups is 2. The monoisotopic (exact) mass is 536 g/mol. The summed E-state index contributed by atoms with van der Waals surface area (Å²) < 4.78 is 11.5. The fourth-order valence-corrected chi connectivity index (χ4v) is 4.43. The number of nitrogens with two attached hydrogens (primary N) is 1. The first-order valence-electron chi connectivity index (χ1n) is 11.7. The third kappa shape index (κ3) is 7.85. The number of amides is 1. The van der Waals surface area contributed by atoms with E-state index in [1.807, 2.05) is 48.5 Å². The Morgan fingerprint density at radius 2 is 1.64 bits per heavy atom. The number of carbonyl (C=O) groups excluding carboxylic acids is 2. The number of hydrogen-bond donors (Lipinski definition) is 3. The number of nitrogens with one attached hydrogen (secondary N) is 2. The molecule has 2 aliphatic heterocycles. The SMILES string of the molecule is CN1CCC(OC(=O)C[C@@H]2C[C@@H](COc3ccc(-c4ccc(C(=N)N)cc4)cc3)NC2=O)CC1.Cl.Cl. The van der Waals surface area contributed by atoms with Gasteiger partial charge in [-0.1, -0.05) is 36.4 Å². The number of ether oxygens (including phenoxy) is 2. The van der Waals surface area contributed by atoms with Crippen LogP contribution in [0.4, 0.5) is 0 Å². The van der Waals surface area contributed by atoms with Gasteiger partial charge >= 0.3 is 5.97 Å². The van der Waals surface area contributed by atoms with Crippen LogP contribution < -0.4 is 15.8 Å². The van der Waals surface area contributed by atoms with Gasteiger partial charge < -0.3 is 25.4 Å². The van der Waals surface area contributed by atoms with E-state index in [4.69, 9.17) is 20.6 Å². The van der Waals surface area contributed by atoms with Crippen molar-refractivity contribution in [2.75, 3.05) is 26.7 Å². The van der Waals surface area contributed by atoms with E-state index >= 15 is 0 Å². The van der Waals surface area contributed by atoms with Crippen LogP contribution in [-0.4, -0.2) is 61.5 Å². The Labute approximate surface area is 224 Å². The fraction of sp³-hybridized carbons (Fsp3) is 0.423. The zero-order chi connectivity index (χ0) is 24.1. The largest absolute Gasteiger partial charge is 0.491 e. The second-order valence-electron chi connectivity index (χ2n) is 9.16. The van der Waals surface area contributed by atoms with E-state index < -0.39 is 0 Å². The van der Waals surface area contributed by atoms with E-state index in [0.29, 0.717) is 24.3 Å². The van der Waals surface area contributed by atoms with Crippen LogP contribution in [0.15, 0.2) is 48.5 Å². The van der Waals surface area contributed by atoms with Gasteiger partial charge in [0.1, 0.15) is 24.3 Å². The molecule has 0 aliphatic carbocycles. The van der Waals surface area contributed by atoms with Crippen molar-refractivity contribution in [2.24, 2.45) is 11.7 Å². The molecule has 4 N–H and O–H groups in total. The molecule has 2 heterocycles. The molecule has 8 nitrogen and oxygen atoms in total. The Balaban J connectivity index is 0.00000228. The highest BCUT2D eigenvalue weighted by molar-refractivity contribution is 5.95. The summed E-state index contributed by atoms with van der Waals surface area (Å²) in [7, 11) is 2.06. The number of benzene rings is 2. The standard InChI is InChI=1S/C26H32N4O4.2ClH/c1-30-12-10-23(11-13-30)34-24(31)15-20-14-21(29-26(20)32)16-33-22-8-6-18(7-9-22)17-2-4-19(5-3-17)25(27)28;;/h2-9,20-21,23H,10-16H2,1H3,(H3,27,28)(H,29,32);2*1H/t20-,21-;;/m0../s1. The van der Waals surface area contributed by atoms with Gasteiger partial charge in [0, 0.05) is 18.7 Å². The molecule has 2 aromatic rings. The van der Waals surface area contributed by atoms with Crippen molar-refractivity contribution in [3.8, 4) is 16.9 Å². The Morgan fingerprint density at radius 1 is 1.06 bits per heavy atom. The molecule has 36 heavy (non-hydrogen) atoms. The summed E-state index contributed by atoms with van der Waals surface area (Å²) in [5.41, 5.74) is 8.25. The van der Waals surface area contributed by atoms with Gasteiger partial charge in [-0.25, -0.2) is 0 Å². The third-order valence-corrected chi connectivity index (χ3v) is 6.50. The molecule has 0 bridgehead atoms. The first-order valence-corrected chi connectivity index (χ1v) is 11.7. The minimum Gasteiger partial charge on any atom is -0.491 e. The molecule has 2 aliphatic rings. The smallest absolute Gasteiger partial charge is 0.306 e. The molecule has 0 aromatic heterocycles. The number of rotatable bonds is 8. The molecule has 2 saturated heterocycles. The van der Waals surface area contributed by atoms with Gasteiger partial charge in [0.25, 0.3) is 0 Å². The Morgan fingerprint density at radius 3 is 2.22 bits per heavy atom. The van der Waals surface area contributed by atoms with E-state index in [1.54, 1.807) is 0 Å². The van der Waals surface area contributed by atoms with Gasteiger partial charge in [-0.2, -0.15) is 0 Å². The molecule has 0 radical (unpaired) electrons. The summed E-state index contributed by atoms with van der Waals surface area (Å²) in [5.74, 6) is -0.0108. The second-order valence-corrected chi connectivity index (χ2v) is 9.16. The highest BCUT2D eigenvalue weighted by atomic mass is 35.5. The maximum absolute atomic E-state index is 12.3.